The Labute approximate surface area is 59.1 Å². The van der Waals surface area contributed by atoms with Crippen LogP contribution in [0.4, 0.5) is 0 Å². The fourth-order valence-corrected chi connectivity index (χ4v) is 0. The zero-order valence-corrected chi connectivity index (χ0v) is 5.68. The third-order valence-electron chi connectivity index (χ3n) is 0. The van der Waals surface area contributed by atoms with E-state index in [0.29, 0.717) is 0 Å². The van der Waals surface area contributed by atoms with Gasteiger partial charge in [-0.25, -0.2) is 0 Å². The first-order chi connectivity index (χ1) is 0. The van der Waals surface area contributed by atoms with Gasteiger partial charge in [-0.15, -0.1) is 0 Å². The summed E-state index contributed by atoms with van der Waals surface area (Å²) in [5.74, 6) is 0. The Kier molecular flexibility index (Phi) is 322. The second-order valence-corrected chi connectivity index (χ2v) is 0. The largest absolute Gasteiger partial charge is 1.00 e. The van der Waals surface area contributed by atoms with Gasteiger partial charge in [-0.05, 0) is 0 Å². The molecule has 0 fully saturated rings. The summed E-state index contributed by atoms with van der Waals surface area (Å²) in [6.45, 7) is 0. The molecule has 0 bridgehead atoms. The van der Waals surface area contributed by atoms with Crippen molar-refractivity contribution in [1.82, 2.24) is 0 Å². The average molecular weight is 112 g/mol. The maximum Gasteiger partial charge on any atom is 1.00 e. The fraction of sp³-hybridized carbons (Fsp3) is 0. The summed E-state index contributed by atoms with van der Waals surface area (Å²) in [6, 6.07) is 0. The minimum Gasteiger partial charge on any atom is -1.00 e. The van der Waals surface area contributed by atoms with Crippen molar-refractivity contribution in [3.05, 3.63) is 0 Å². The molecule has 0 aromatic carbocycles. The van der Waals surface area contributed by atoms with Gasteiger partial charge < -0.3 is 12.4 Å². The molecule has 4 heteroatoms. The molecule has 24 valence electrons. The van der Waals surface area contributed by atoms with Crippen LogP contribution in [0.1, 0.15) is 1.43 Å². The second-order valence-electron chi connectivity index (χ2n) is 0. The SMILES string of the molecule is O.O.[Cr].[H-].[Na+]. The Morgan fingerprint density at radius 2 is 1.00 bits per heavy atom. The molecule has 0 rings (SSSR count). The van der Waals surface area contributed by atoms with Crippen molar-refractivity contribution in [3.8, 4) is 0 Å². The molecule has 0 unspecified atom stereocenters. The van der Waals surface area contributed by atoms with Crippen LogP contribution in [-0.4, -0.2) is 11.0 Å². The maximum absolute atomic E-state index is 0. The molecule has 0 saturated carbocycles. The van der Waals surface area contributed by atoms with E-state index in [2.05, 4.69) is 0 Å². The average Bonchev–Trinajstić information content (AvgIpc) is 0. The van der Waals surface area contributed by atoms with Gasteiger partial charge >= 0.3 is 29.6 Å². The minimum atomic E-state index is 0. The molecule has 0 aliphatic heterocycles. The van der Waals surface area contributed by atoms with Gasteiger partial charge in [0, 0.05) is 17.4 Å². The molecule has 0 heterocycles. The molecule has 0 aromatic rings. The zero-order chi connectivity index (χ0) is 0. The predicted octanol–water partition coefficient (Wildman–Crippen LogP) is -4.54. The molecule has 0 aromatic heterocycles. The van der Waals surface area contributed by atoms with E-state index in [1.54, 1.807) is 0 Å². The summed E-state index contributed by atoms with van der Waals surface area (Å²) in [6.07, 6.45) is 0. The molecule has 0 atom stereocenters. The zero-order valence-electron chi connectivity index (χ0n) is 3.41. The van der Waals surface area contributed by atoms with Crippen LogP contribution in [0, 0.1) is 0 Å². The summed E-state index contributed by atoms with van der Waals surface area (Å²) < 4.78 is 0. The van der Waals surface area contributed by atoms with Gasteiger partial charge in [0.25, 0.3) is 0 Å². The van der Waals surface area contributed by atoms with E-state index in [4.69, 9.17) is 0 Å². The quantitative estimate of drug-likeness (QED) is 0.283. The molecule has 2 nitrogen and oxygen atoms in total. The summed E-state index contributed by atoms with van der Waals surface area (Å²) in [4.78, 5) is 0. The van der Waals surface area contributed by atoms with Crippen LogP contribution < -0.4 is 29.6 Å². The van der Waals surface area contributed by atoms with Gasteiger partial charge in [0.2, 0.25) is 0 Å². The predicted molar refractivity (Wildman–Crippen MR) is 8.34 cm³/mol. The molecule has 0 aliphatic carbocycles. The van der Waals surface area contributed by atoms with E-state index in [9.17, 15) is 0 Å². The van der Waals surface area contributed by atoms with Crippen molar-refractivity contribution in [2.75, 3.05) is 0 Å². The van der Waals surface area contributed by atoms with Gasteiger partial charge in [0.15, 0.2) is 0 Å². The third kappa shape index (κ3) is 9.84. The first-order valence-electron chi connectivity index (χ1n) is 0. The summed E-state index contributed by atoms with van der Waals surface area (Å²) in [7, 11) is 0. The molecule has 0 saturated heterocycles. The molecule has 4 heavy (non-hydrogen) atoms. The van der Waals surface area contributed by atoms with Crippen molar-refractivity contribution in [1.29, 1.82) is 0 Å². The maximum atomic E-state index is 0. The molecule has 0 radical (unpaired) electrons. The fourth-order valence-electron chi connectivity index (χ4n) is 0. The van der Waals surface area contributed by atoms with Gasteiger partial charge in [-0.2, -0.15) is 0 Å². The Hall–Kier alpha value is 1.45. The van der Waals surface area contributed by atoms with Gasteiger partial charge in [0.05, 0.1) is 0 Å². The van der Waals surface area contributed by atoms with E-state index >= 15 is 0 Å². The van der Waals surface area contributed by atoms with E-state index in [1.165, 1.54) is 0 Å². The Bertz CT molecular complexity index is 9.61. The van der Waals surface area contributed by atoms with Crippen LogP contribution in [0.2, 0.25) is 0 Å². The van der Waals surface area contributed by atoms with Crippen LogP contribution >= 0.6 is 0 Å². The number of rotatable bonds is 0. The van der Waals surface area contributed by atoms with Crippen LogP contribution in [0.15, 0.2) is 0 Å². The van der Waals surface area contributed by atoms with Crippen molar-refractivity contribution >= 4 is 0 Å². The topological polar surface area (TPSA) is 63.0 Å². The van der Waals surface area contributed by atoms with E-state index < -0.39 is 0 Å². The van der Waals surface area contributed by atoms with Crippen LogP contribution in [0.5, 0.6) is 0 Å². The summed E-state index contributed by atoms with van der Waals surface area (Å²) in [5, 5.41) is 0. The van der Waals surface area contributed by atoms with Gasteiger partial charge in [-0.1, -0.05) is 0 Å². The minimum absolute atomic E-state index is 0. The Morgan fingerprint density at radius 1 is 1.00 bits per heavy atom. The molecule has 4 N–H and O–H groups in total. The van der Waals surface area contributed by atoms with Crippen LogP contribution in [0.25, 0.3) is 0 Å². The summed E-state index contributed by atoms with van der Waals surface area (Å²) in [5.41, 5.74) is 0. The monoisotopic (exact) mass is 112 g/mol. The molecule has 0 amide bonds. The van der Waals surface area contributed by atoms with Crippen LogP contribution in [0.3, 0.4) is 0 Å². The molecular weight excluding hydrogens is 107 g/mol. The van der Waals surface area contributed by atoms with E-state index in [1.807, 2.05) is 0 Å². The van der Waals surface area contributed by atoms with Crippen molar-refractivity contribution < 1.29 is 59.3 Å². The first-order valence-corrected chi connectivity index (χ1v) is 0. The van der Waals surface area contributed by atoms with Crippen molar-refractivity contribution in [2.24, 2.45) is 0 Å². The number of hydrogen-bond donors (Lipinski definition) is 0. The Balaban J connectivity index is 0. The molecule has 0 spiro atoms. The number of hydrogen-bond acceptors (Lipinski definition) is 0. The summed E-state index contributed by atoms with van der Waals surface area (Å²) >= 11 is 0. The van der Waals surface area contributed by atoms with Crippen molar-refractivity contribution in [2.45, 2.75) is 0 Å². The van der Waals surface area contributed by atoms with Gasteiger partial charge in [-0.3, -0.25) is 0 Å². The molecular formula is H5CrNaO2. The normalized spacial score (nSPS) is 0. The van der Waals surface area contributed by atoms with Crippen molar-refractivity contribution in [3.63, 3.8) is 0 Å². The first kappa shape index (κ1) is 51.2. The van der Waals surface area contributed by atoms with E-state index in [0.717, 1.165) is 0 Å². The van der Waals surface area contributed by atoms with E-state index in [-0.39, 0.29) is 59.3 Å². The molecule has 0 aliphatic rings. The third-order valence-corrected chi connectivity index (χ3v) is 0. The van der Waals surface area contributed by atoms with Gasteiger partial charge in [0.1, 0.15) is 0 Å². The second kappa shape index (κ2) is 25.2. The Morgan fingerprint density at radius 3 is 1.00 bits per heavy atom. The van der Waals surface area contributed by atoms with Crippen LogP contribution in [-0.2, 0) is 17.4 Å². The smallest absolute Gasteiger partial charge is 1.00 e. The standard InChI is InChI=1S/Cr.Na.2H2O.H/h;;2*1H2;/q;+1;;;-1.